The summed E-state index contributed by atoms with van der Waals surface area (Å²) in [6.45, 7) is -2.09. The van der Waals surface area contributed by atoms with Gasteiger partial charge in [0.15, 0.2) is 6.10 Å². The van der Waals surface area contributed by atoms with Gasteiger partial charge in [-0.1, -0.05) is 48.5 Å². The van der Waals surface area contributed by atoms with E-state index in [-0.39, 0.29) is 5.56 Å². The minimum Gasteiger partial charge on any atom is -0.451 e. The Bertz CT molecular complexity index is 825. The van der Waals surface area contributed by atoms with Gasteiger partial charge in [0, 0.05) is 0 Å². The van der Waals surface area contributed by atoms with Crippen LogP contribution in [0, 0.1) is 0 Å². The fraction of sp³-hybridized carbons (Fsp3) is 0.235. The van der Waals surface area contributed by atoms with Gasteiger partial charge in [-0.15, -0.1) is 0 Å². The van der Waals surface area contributed by atoms with Crippen LogP contribution in [0.15, 0.2) is 60.7 Å². The largest absolute Gasteiger partial charge is 0.451 e. The average molecular weight is 386 g/mol. The Morgan fingerprint density at radius 1 is 1.04 bits per heavy atom. The number of alkyl halides is 2. The molecule has 0 aliphatic heterocycles. The van der Waals surface area contributed by atoms with Crippen molar-refractivity contribution in [3.8, 4) is 0 Å². The fourth-order valence-electron chi connectivity index (χ4n) is 2.00. The summed E-state index contributed by atoms with van der Waals surface area (Å²) >= 11 is 0. The lowest BCUT2D eigenvalue weighted by Crippen LogP contribution is -2.34. The first-order chi connectivity index (χ1) is 12.2. The maximum absolute atomic E-state index is 13.2. The topological polar surface area (TPSA) is 89.9 Å². The van der Waals surface area contributed by atoms with Gasteiger partial charge in [-0.25, -0.2) is 4.79 Å². The number of esters is 1. The molecule has 0 aliphatic rings. The van der Waals surface area contributed by atoms with Crippen LogP contribution in [0.3, 0.4) is 0 Å². The molecule has 1 N–H and O–H groups in total. The second-order valence-electron chi connectivity index (χ2n) is 5.30. The average Bonchev–Trinajstić information content (AvgIpc) is 2.61. The highest BCUT2D eigenvalue weighted by Crippen LogP contribution is 2.24. The highest BCUT2D eigenvalue weighted by molar-refractivity contribution is 7.86. The van der Waals surface area contributed by atoms with E-state index >= 15 is 0 Å². The number of hydrogen-bond donors (Lipinski definition) is 1. The molecule has 0 aliphatic carbocycles. The summed E-state index contributed by atoms with van der Waals surface area (Å²) in [5.74, 6) is -0.690. The van der Waals surface area contributed by atoms with Crippen LogP contribution < -0.4 is 0 Å². The number of rotatable bonds is 8. The van der Waals surface area contributed by atoms with Crippen LogP contribution in [0.5, 0.6) is 0 Å². The van der Waals surface area contributed by atoms with Crippen LogP contribution in [-0.2, 0) is 19.6 Å². The third kappa shape index (κ3) is 5.32. The van der Waals surface area contributed by atoms with E-state index < -0.39 is 40.7 Å². The smallest absolute Gasteiger partial charge is 0.392 e. The molecule has 9 heteroatoms. The lowest BCUT2D eigenvalue weighted by atomic mass is 10.1. The summed E-state index contributed by atoms with van der Waals surface area (Å²) in [5.41, 5.74) is 0.739. The lowest BCUT2D eigenvalue weighted by molar-refractivity contribution is -0.0533. The van der Waals surface area contributed by atoms with E-state index in [1.165, 1.54) is 12.1 Å². The van der Waals surface area contributed by atoms with Gasteiger partial charge in [0.05, 0.1) is 12.2 Å². The van der Waals surface area contributed by atoms with E-state index in [2.05, 4.69) is 0 Å². The number of carbonyl (C=O) groups excluding carboxylic acids is 1. The van der Waals surface area contributed by atoms with Crippen molar-refractivity contribution in [2.75, 3.05) is 13.2 Å². The predicted octanol–water partition coefficient (Wildman–Crippen LogP) is 3.08. The molecule has 2 aromatic carbocycles. The van der Waals surface area contributed by atoms with Gasteiger partial charge in [0.25, 0.3) is 0 Å². The summed E-state index contributed by atoms with van der Waals surface area (Å²) in [5, 5.41) is -4.46. The monoisotopic (exact) mass is 386 g/mol. The molecule has 2 rings (SSSR count). The molecule has 6 nitrogen and oxygen atoms in total. The summed E-state index contributed by atoms with van der Waals surface area (Å²) in [7, 11) is -5.60. The Hall–Kier alpha value is -2.36. The molecule has 0 aromatic heterocycles. The van der Waals surface area contributed by atoms with Gasteiger partial charge in [0.1, 0.15) is 6.61 Å². The number of benzene rings is 2. The number of carbonyl (C=O) groups is 1. The van der Waals surface area contributed by atoms with Crippen LogP contribution in [0.25, 0.3) is 0 Å². The normalized spacial score (nSPS) is 13.2. The lowest BCUT2D eigenvalue weighted by Gasteiger charge is -2.20. The van der Waals surface area contributed by atoms with Gasteiger partial charge in [-0.3, -0.25) is 4.55 Å². The Labute approximate surface area is 149 Å². The maximum Gasteiger partial charge on any atom is 0.392 e. The zero-order valence-corrected chi connectivity index (χ0v) is 14.2. The van der Waals surface area contributed by atoms with Gasteiger partial charge < -0.3 is 9.47 Å². The molecular formula is C17H16F2O6S. The van der Waals surface area contributed by atoms with E-state index in [4.69, 9.17) is 14.0 Å². The summed E-state index contributed by atoms with van der Waals surface area (Å²) in [6, 6.07) is 16.3. The molecule has 0 amide bonds. The molecule has 140 valence electrons. The molecule has 0 fully saturated rings. The highest BCUT2D eigenvalue weighted by Gasteiger charge is 2.44. The number of hydrogen-bond acceptors (Lipinski definition) is 5. The summed E-state index contributed by atoms with van der Waals surface area (Å²) in [6.07, 6.45) is -1.04. The second-order valence-corrected chi connectivity index (χ2v) is 6.85. The van der Waals surface area contributed by atoms with Crippen LogP contribution in [0.2, 0.25) is 0 Å². The molecule has 0 heterocycles. The number of halogens is 2. The summed E-state index contributed by atoms with van der Waals surface area (Å²) in [4.78, 5) is 12.2. The molecule has 0 bridgehead atoms. The standard InChI is InChI=1S/C17H16F2O6S/c18-17(19,26(21,22)23)12-24-11-15(13-7-3-1-4-8-13)25-16(20)14-9-5-2-6-10-14/h1-10,15H,11-12H2,(H,21,22,23). The zero-order valence-electron chi connectivity index (χ0n) is 13.4. The van der Waals surface area contributed by atoms with Crippen molar-refractivity contribution in [3.63, 3.8) is 0 Å². The van der Waals surface area contributed by atoms with Gasteiger partial charge >= 0.3 is 21.3 Å². The van der Waals surface area contributed by atoms with Crippen molar-refractivity contribution in [1.29, 1.82) is 0 Å². The zero-order chi connectivity index (χ0) is 19.2. The second kappa shape index (κ2) is 8.35. The Kier molecular flexibility index (Phi) is 6.41. The van der Waals surface area contributed by atoms with Crippen LogP contribution in [0.4, 0.5) is 8.78 Å². The SMILES string of the molecule is O=C(OC(COCC(F)(F)S(=O)(=O)O)c1ccccc1)c1ccccc1. The third-order valence-corrected chi connectivity index (χ3v) is 4.22. The van der Waals surface area contributed by atoms with Crippen LogP contribution in [-0.4, -0.2) is 37.4 Å². The van der Waals surface area contributed by atoms with Crippen molar-refractivity contribution in [2.24, 2.45) is 0 Å². The molecule has 1 atom stereocenters. The minimum absolute atomic E-state index is 0.261. The van der Waals surface area contributed by atoms with Crippen molar-refractivity contribution in [3.05, 3.63) is 71.8 Å². The minimum atomic E-state index is -5.60. The Balaban J connectivity index is 2.09. The molecular weight excluding hydrogens is 370 g/mol. The van der Waals surface area contributed by atoms with E-state index in [9.17, 15) is 22.0 Å². The Morgan fingerprint density at radius 3 is 2.12 bits per heavy atom. The van der Waals surface area contributed by atoms with Crippen molar-refractivity contribution >= 4 is 16.1 Å². The molecule has 2 aromatic rings. The molecule has 0 radical (unpaired) electrons. The molecule has 0 saturated carbocycles. The van der Waals surface area contributed by atoms with Gasteiger partial charge in [0.2, 0.25) is 0 Å². The first-order valence-corrected chi connectivity index (χ1v) is 8.88. The fourth-order valence-corrected chi connectivity index (χ4v) is 2.23. The molecule has 26 heavy (non-hydrogen) atoms. The van der Waals surface area contributed by atoms with Gasteiger partial charge in [-0.05, 0) is 17.7 Å². The van der Waals surface area contributed by atoms with E-state index in [0.29, 0.717) is 5.56 Å². The van der Waals surface area contributed by atoms with Gasteiger partial charge in [-0.2, -0.15) is 17.2 Å². The van der Waals surface area contributed by atoms with E-state index in [1.807, 2.05) is 0 Å². The molecule has 0 spiro atoms. The Morgan fingerprint density at radius 2 is 1.58 bits per heavy atom. The van der Waals surface area contributed by atoms with Crippen molar-refractivity contribution in [1.82, 2.24) is 0 Å². The van der Waals surface area contributed by atoms with E-state index in [1.54, 1.807) is 48.5 Å². The van der Waals surface area contributed by atoms with Crippen molar-refractivity contribution in [2.45, 2.75) is 11.4 Å². The number of ether oxygens (including phenoxy) is 2. The molecule has 0 saturated heterocycles. The molecule has 1 unspecified atom stereocenters. The van der Waals surface area contributed by atoms with Crippen molar-refractivity contribution < 1.29 is 36.0 Å². The predicted molar refractivity (Wildman–Crippen MR) is 88.4 cm³/mol. The third-order valence-electron chi connectivity index (χ3n) is 3.35. The first-order valence-electron chi connectivity index (χ1n) is 7.44. The van der Waals surface area contributed by atoms with Crippen LogP contribution >= 0.6 is 0 Å². The highest BCUT2D eigenvalue weighted by atomic mass is 32.2. The van der Waals surface area contributed by atoms with Crippen LogP contribution in [0.1, 0.15) is 22.0 Å². The van der Waals surface area contributed by atoms with E-state index in [0.717, 1.165) is 0 Å². The quantitative estimate of drug-likeness (QED) is 0.554. The maximum atomic E-state index is 13.2. The summed E-state index contributed by atoms with van der Waals surface area (Å²) < 4.78 is 66.2. The first kappa shape index (κ1) is 20.0.